The highest BCUT2D eigenvalue weighted by Gasteiger charge is 2.05. The molecule has 2 aromatic rings. The highest BCUT2D eigenvalue weighted by Crippen LogP contribution is 2.16. The van der Waals surface area contributed by atoms with Crippen LogP contribution in [0.2, 0.25) is 0 Å². The predicted molar refractivity (Wildman–Crippen MR) is 74.8 cm³/mol. The minimum atomic E-state index is 0.673. The summed E-state index contributed by atoms with van der Waals surface area (Å²) in [6, 6.07) is 6.54. The Hall–Kier alpha value is -1.61. The summed E-state index contributed by atoms with van der Waals surface area (Å²) in [4.78, 5) is 4.11. The normalized spacial score (nSPS) is 11.1. The topological polar surface area (TPSA) is 29.9 Å². The Bertz CT molecular complexity index is 486. The summed E-state index contributed by atoms with van der Waals surface area (Å²) in [7, 11) is 0. The monoisotopic (exact) mass is 243 g/mol. The second-order valence-corrected chi connectivity index (χ2v) is 5.13. The molecule has 0 saturated heterocycles. The molecule has 0 aliphatic rings. The Morgan fingerprint density at radius 2 is 2.17 bits per heavy atom. The van der Waals surface area contributed by atoms with Crippen LogP contribution in [0.15, 0.2) is 36.9 Å². The second-order valence-electron chi connectivity index (χ2n) is 5.13. The number of imidazole rings is 1. The molecule has 0 amide bonds. The van der Waals surface area contributed by atoms with Gasteiger partial charge in [-0.3, -0.25) is 0 Å². The van der Waals surface area contributed by atoms with E-state index in [0.717, 1.165) is 13.1 Å². The highest BCUT2D eigenvalue weighted by molar-refractivity contribution is 5.43. The standard InChI is InChI=1S/C15H21N3/c1-12(2)9-17-10-14-8-13(3)4-5-15(14)18-7-6-16-11-18/h4-8,11-12,17H,9-10H2,1-3H3. The van der Waals surface area contributed by atoms with Gasteiger partial charge in [-0.1, -0.05) is 31.5 Å². The van der Waals surface area contributed by atoms with Gasteiger partial charge >= 0.3 is 0 Å². The lowest BCUT2D eigenvalue weighted by molar-refractivity contribution is 0.551. The molecule has 0 fully saturated rings. The van der Waals surface area contributed by atoms with Gasteiger partial charge in [-0.05, 0) is 31.0 Å². The van der Waals surface area contributed by atoms with Gasteiger partial charge in [0.1, 0.15) is 0 Å². The molecule has 0 bridgehead atoms. The molecule has 0 unspecified atom stereocenters. The van der Waals surface area contributed by atoms with Crippen molar-refractivity contribution in [3.05, 3.63) is 48.0 Å². The van der Waals surface area contributed by atoms with Crippen LogP contribution in [0.1, 0.15) is 25.0 Å². The van der Waals surface area contributed by atoms with Crippen molar-refractivity contribution < 1.29 is 0 Å². The third-order valence-corrected chi connectivity index (χ3v) is 2.89. The average Bonchev–Trinajstić information content (AvgIpc) is 2.82. The largest absolute Gasteiger partial charge is 0.312 e. The van der Waals surface area contributed by atoms with Crippen molar-refractivity contribution in [3.8, 4) is 5.69 Å². The lowest BCUT2D eigenvalue weighted by Gasteiger charge is -2.13. The third kappa shape index (κ3) is 3.20. The maximum absolute atomic E-state index is 4.11. The van der Waals surface area contributed by atoms with Crippen LogP contribution in [-0.2, 0) is 6.54 Å². The van der Waals surface area contributed by atoms with Gasteiger partial charge in [0.15, 0.2) is 0 Å². The van der Waals surface area contributed by atoms with E-state index in [1.165, 1.54) is 16.8 Å². The molecule has 1 aromatic heterocycles. The van der Waals surface area contributed by atoms with Crippen LogP contribution in [0.4, 0.5) is 0 Å². The average molecular weight is 243 g/mol. The number of rotatable bonds is 5. The molecule has 3 nitrogen and oxygen atoms in total. The highest BCUT2D eigenvalue weighted by atomic mass is 15.0. The second kappa shape index (κ2) is 5.83. The maximum Gasteiger partial charge on any atom is 0.0991 e. The maximum atomic E-state index is 4.11. The zero-order chi connectivity index (χ0) is 13.0. The fourth-order valence-corrected chi connectivity index (χ4v) is 2.00. The fourth-order valence-electron chi connectivity index (χ4n) is 2.00. The molecule has 0 aliphatic heterocycles. The van der Waals surface area contributed by atoms with Gasteiger partial charge in [0.25, 0.3) is 0 Å². The summed E-state index contributed by atoms with van der Waals surface area (Å²) >= 11 is 0. The molecule has 96 valence electrons. The Morgan fingerprint density at radius 1 is 1.33 bits per heavy atom. The van der Waals surface area contributed by atoms with Crippen molar-refractivity contribution in [2.24, 2.45) is 5.92 Å². The quantitative estimate of drug-likeness (QED) is 0.875. The minimum Gasteiger partial charge on any atom is -0.312 e. The van der Waals surface area contributed by atoms with Gasteiger partial charge in [0.05, 0.1) is 12.0 Å². The third-order valence-electron chi connectivity index (χ3n) is 2.89. The van der Waals surface area contributed by atoms with Crippen LogP contribution in [0, 0.1) is 12.8 Å². The van der Waals surface area contributed by atoms with E-state index in [1.54, 1.807) is 0 Å². The van der Waals surface area contributed by atoms with Crippen LogP contribution in [0.3, 0.4) is 0 Å². The van der Waals surface area contributed by atoms with Gasteiger partial charge in [0.2, 0.25) is 0 Å². The molecule has 0 saturated carbocycles. The number of nitrogens with one attached hydrogen (secondary N) is 1. The van der Waals surface area contributed by atoms with Crippen LogP contribution < -0.4 is 5.32 Å². The molecule has 3 heteroatoms. The first-order valence-electron chi connectivity index (χ1n) is 6.45. The molecule has 1 N–H and O–H groups in total. The van der Waals surface area contributed by atoms with Crippen LogP contribution in [0.5, 0.6) is 0 Å². The van der Waals surface area contributed by atoms with Crippen molar-refractivity contribution in [2.75, 3.05) is 6.54 Å². The smallest absolute Gasteiger partial charge is 0.0991 e. The Balaban J connectivity index is 2.19. The summed E-state index contributed by atoms with van der Waals surface area (Å²) in [6.45, 7) is 8.51. The molecule has 2 rings (SSSR count). The lowest BCUT2D eigenvalue weighted by Crippen LogP contribution is -2.20. The van der Waals surface area contributed by atoms with Crippen molar-refractivity contribution in [2.45, 2.75) is 27.3 Å². The molecular formula is C15H21N3. The van der Waals surface area contributed by atoms with Crippen molar-refractivity contribution in [3.63, 3.8) is 0 Å². The van der Waals surface area contributed by atoms with E-state index < -0.39 is 0 Å². The molecule has 1 heterocycles. The van der Waals surface area contributed by atoms with Crippen molar-refractivity contribution in [1.82, 2.24) is 14.9 Å². The Morgan fingerprint density at radius 3 is 2.83 bits per heavy atom. The zero-order valence-corrected chi connectivity index (χ0v) is 11.4. The van der Waals surface area contributed by atoms with Gasteiger partial charge in [-0.15, -0.1) is 0 Å². The summed E-state index contributed by atoms with van der Waals surface area (Å²) < 4.78 is 2.06. The van der Waals surface area contributed by atoms with E-state index in [-0.39, 0.29) is 0 Å². The molecule has 1 aromatic carbocycles. The summed E-state index contributed by atoms with van der Waals surface area (Å²) in [5.41, 5.74) is 3.81. The molecule has 18 heavy (non-hydrogen) atoms. The van der Waals surface area contributed by atoms with Gasteiger partial charge in [-0.25, -0.2) is 4.98 Å². The summed E-state index contributed by atoms with van der Waals surface area (Å²) in [5.74, 6) is 0.673. The number of hydrogen-bond donors (Lipinski definition) is 1. The Labute approximate surface area is 109 Å². The molecule has 0 aliphatic carbocycles. The van der Waals surface area contributed by atoms with Crippen molar-refractivity contribution >= 4 is 0 Å². The lowest BCUT2D eigenvalue weighted by atomic mass is 10.1. The number of aromatic nitrogens is 2. The predicted octanol–water partition coefficient (Wildman–Crippen LogP) is 2.93. The van der Waals surface area contributed by atoms with Crippen LogP contribution in [0.25, 0.3) is 5.69 Å². The van der Waals surface area contributed by atoms with E-state index in [1.807, 2.05) is 18.7 Å². The van der Waals surface area contributed by atoms with E-state index in [0.29, 0.717) is 5.92 Å². The number of nitrogens with zero attached hydrogens (tertiary/aromatic N) is 2. The summed E-state index contributed by atoms with van der Waals surface area (Å²) in [6.07, 6.45) is 5.64. The molecule has 0 radical (unpaired) electrons. The van der Waals surface area contributed by atoms with Crippen LogP contribution >= 0.6 is 0 Å². The first-order valence-corrected chi connectivity index (χ1v) is 6.45. The Kier molecular flexibility index (Phi) is 4.15. The minimum absolute atomic E-state index is 0.673. The van der Waals surface area contributed by atoms with Gasteiger partial charge < -0.3 is 9.88 Å². The number of aryl methyl sites for hydroxylation is 1. The summed E-state index contributed by atoms with van der Waals surface area (Å²) in [5, 5.41) is 3.50. The fraction of sp³-hybridized carbons (Fsp3) is 0.400. The van der Waals surface area contributed by atoms with E-state index >= 15 is 0 Å². The number of hydrogen-bond acceptors (Lipinski definition) is 2. The first-order chi connectivity index (χ1) is 8.66. The molecule has 0 spiro atoms. The van der Waals surface area contributed by atoms with Gasteiger partial charge in [-0.2, -0.15) is 0 Å². The van der Waals surface area contributed by atoms with Crippen molar-refractivity contribution in [1.29, 1.82) is 0 Å². The SMILES string of the molecule is Cc1ccc(-n2ccnc2)c(CNCC(C)C)c1. The zero-order valence-electron chi connectivity index (χ0n) is 11.4. The molecule has 0 atom stereocenters. The van der Waals surface area contributed by atoms with Crippen LogP contribution in [-0.4, -0.2) is 16.1 Å². The van der Waals surface area contributed by atoms with Gasteiger partial charge in [0, 0.05) is 18.9 Å². The molecular weight excluding hydrogens is 222 g/mol. The van der Waals surface area contributed by atoms with E-state index in [2.05, 4.69) is 53.8 Å². The van der Waals surface area contributed by atoms with E-state index in [9.17, 15) is 0 Å². The number of benzene rings is 1. The van der Waals surface area contributed by atoms with E-state index in [4.69, 9.17) is 0 Å². The first kappa shape index (κ1) is 12.8.